The van der Waals surface area contributed by atoms with Crippen LogP contribution in [0.1, 0.15) is 34.6 Å². The lowest BCUT2D eigenvalue weighted by Crippen LogP contribution is -2.02. The summed E-state index contributed by atoms with van der Waals surface area (Å²) in [5, 5.41) is 0. The first-order chi connectivity index (χ1) is 16.7. The molecule has 34 heavy (non-hydrogen) atoms. The number of carbonyl (C=O) groups is 1. The van der Waals surface area contributed by atoms with Crippen molar-refractivity contribution in [2.24, 2.45) is 0 Å². The Morgan fingerprint density at radius 1 is 0.765 bits per heavy atom. The molecule has 0 bridgehead atoms. The number of hydrogen-bond acceptors (Lipinski definition) is 3. The van der Waals surface area contributed by atoms with Gasteiger partial charge in [0.05, 0.1) is 7.11 Å². The van der Waals surface area contributed by atoms with Crippen molar-refractivity contribution < 1.29 is 14.3 Å². The highest BCUT2D eigenvalue weighted by Gasteiger charge is 2.35. The van der Waals surface area contributed by atoms with Gasteiger partial charge in [0.15, 0.2) is 5.78 Å². The van der Waals surface area contributed by atoms with Gasteiger partial charge in [0.25, 0.3) is 0 Å². The summed E-state index contributed by atoms with van der Waals surface area (Å²) in [7, 11) is 1.66. The third kappa shape index (κ3) is 4.38. The molecule has 0 fully saturated rings. The molecule has 1 aliphatic rings. The molecule has 0 aliphatic heterocycles. The van der Waals surface area contributed by atoms with Crippen LogP contribution in [0.4, 0.5) is 0 Å². The third-order valence-corrected chi connectivity index (χ3v) is 6.28. The first-order valence-electron chi connectivity index (χ1n) is 11.5. The second-order valence-electron chi connectivity index (χ2n) is 8.38. The number of methoxy groups -OCH3 is 1. The molecule has 3 heteroatoms. The van der Waals surface area contributed by atoms with Gasteiger partial charge in [-0.3, -0.25) is 4.79 Å². The molecule has 0 heterocycles. The number of Topliss-reactive ketones (excluding diaryl/α,β-unsaturated/α-hetero) is 1. The minimum Gasteiger partial charge on any atom is -0.497 e. The number of benzene rings is 4. The fourth-order valence-electron chi connectivity index (χ4n) is 4.63. The van der Waals surface area contributed by atoms with Crippen molar-refractivity contribution in [1.29, 1.82) is 0 Å². The molecule has 5 rings (SSSR count). The summed E-state index contributed by atoms with van der Waals surface area (Å²) in [4.78, 5) is 13.6. The smallest absolute Gasteiger partial charge is 0.164 e. The highest BCUT2D eigenvalue weighted by Crippen LogP contribution is 2.48. The lowest BCUT2D eigenvalue weighted by atomic mass is 9.87. The average Bonchev–Trinajstić information content (AvgIpc) is 3.25. The fraction of sp³-hybridized carbons (Fsp3) is 0.129. The zero-order chi connectivity index (χ0) is 23.3. The van der Waals surface area contributed by atoms with E-state index in [0.29, 0.717) is 13.0 Å². The minimum atomic E-state index is -0.0146. The maximum absolute atomic E-state index is 13.6. The van der Waals surface area contributed by atoms with E-state index in [4.69, 9.17) is 9.47 Å². The van der Waals surface area contributed by atoms with E-state index in [1.807, 2.05) is 97.1 Å². The highest BCUT2D eigenvalue weighted by molar-refractivity contribution is 6.32. The van der Waals surface area contributed by atoms with Crippen LogP contribution in [0.2, 0.25) is 0 Å². The van der Waals surface area contributed by atoms with Gasteiger partial charge in [0.2, 0.25) is 0 Å². The number of allylic oxidation sites excluding steroid dienone is 2. The van der Waals surface area contributed by atoms with Crippen molar-refractivity contribution in [3.05, 3.63) is 131 Å². The molecule has 0 saturated heterocycles. The van der Waals surface area contributed by atoms with Crippen LogP contribution in [-0.4, -0.2) is 12.9 Å². The van der Waals surface area contributed by atoms with Gasteiger partial charge in [-0.25, -0.2) is 0 Å². The number of ether oxygens (including phenoxy) is 2. The maximum atomic E-state index is 13.6. The Bertz CT molecular complexity index is 1310. The molecule has 1 aliphatic carbocycles. The molecule has 0 aromatic heterocycles. The van der Waals surface area contributed by atoms with E-state index < -0.39 is 0 Å². The van der Waals surface area contributed by atoms with Crippen LogP contribution in [0.15, 0.2) is 109 Å². The zero-order valence-corrected chi connectivity index (χ0v) is 19.1. The lowest BCUT2D eigenvalue weighted by Gasteiger charge is -2.18. The van der Waals surface area contributed by atoms with Gasteiger partial charge in [0, 0.05) is 23.5 Å². The van der Waals surface area contributed by atoms with Gasteiger partial charge in [-0.2, -0.15) is 0 Å². The van der Waals surface area contributed by atoms with Crippen LogP contribution in [0.5, 0.6) is 11.5 Å². The quantitative estimate of drug-likeness (QED) is 0.308. The number of carbonyl (C=O) groups excluding carboxylic acids is 1. The molecule has 4 aromatic carbocycles. The van der Waals surface area contributed by atoms with Crippen molar-refractivity contribution in [2.75, 3.05) is 7.11 Å². The van der Waals surface area contributed by atoms with E-state index in [-0.39, 0.29) is 11.7 Å². The Labute approximate surface area is 200 Å². The van der Waals surface area contributed by atoms with E-state index in [1.165, 1.54) is 0 Å². The van der Waals surface area contributed by atoms with Crippen LogP contribution < -0.4 is 9.47 Å². The maximum Gasteiger partial charge on any atom is 0.164 e. The molecule has 168 valence electrons. The van der Waals surface area contributed by atoms with E-state index in [9.17, 15) is 4.79 Å². The van der Waals surface area contributed by atoms with E-state index in [2.05, 4.69) is 12.1 Å². The van der Waals surface area contributed by atoms with Crippen LogP contribution >= 0.6 is 0 Å². The first kappa shape index (κ1) is 21.7. The van der Waals surface area contributed by atoms with Crippen molar-refractivity contribution in [3.8, 4) is 11.5 Å². The molecule has 1 atom stereocenters. The van der Waals surface area contributed by atoms with Crippen LogP contribution in [0.25, 0.3) is 11.1 Å². The van der Waals surface area contributed by atoms with Gasteiger partial charge in [-0.1, -0.05) is 91.0 Å². The normalized spacial score (nSPS) is 15.4. The standard InChI is InChI=1S/C31H26O3/c1-33-25-18-16-24(17-19-25)30-27(23-12-6-3-7-13-23)20-28(32)31(30)26-14-8-9-15-29(26)34-21-22-10-4-2-5-11-22/h2-19,27H,20-21H2,1H3/t27-/m0/s1. The highest BCUT2D eigenvalue weighted by atomic mass is 16.5. The molecule has 3 nitrogen and oxygen atoms in total. The molecule has 0 unspecified atom stereocenters. The van der Waals surface area contributed by atoms with Gasteiger partial charge < -0.3 is 9.47 Å². The van der Waals surface area contributed by atoms with Crippen molar-refractivity contribution in [2.45, 2.75) is 18.9 Å². The topological polar surface area (TPSA) is 35.5 Å². The van der Waals surface area contributed by atoms with E-state index in [0.717, 1.165) is 44.9 Å². The van der Waals surface area contributed by atoms with Crippen molar-refractivity contribution in [1.82, 2.24) is 0 Å². The number of ketones is 1. The second-order valence-corrected chi connectivity index (χ2v) is 8.38. The van der Waals surface area contributed by atoms with Crippen LogP contribution in [0, 0.1) is 0 Å². The monoisotopic (exact) mass is 446 g/mol. The van der Waals surface area contributed by atoms with Crippen molar-refractivity contribution in [3.63, 3.8) is 0 Å². The minimum absolute atomic E-state index is 0.0146. The Kier molecular flexibility index (Phi) is 6.26. The number of hydrogen-bond donors (Lipinski definition) is 0. The third-order valence-electron chi connectivity index (χ3n) is 6.28. The summed E-state index contributed by atoms with van der Waals surface area (Å²) in [6.07, 6.45) is 0.438. The van der Waals surface area contributed by atoms with Crippen molar-refractivity contribution >= 4 is 16.9 Å². The summed E-state index contributed by atoms with van der Waals surface area (Å²) in [6.45, 7) is 0.444. The van der Waals surface area contributed by atoms with E-state index >= 15 is 0 Å². The summed E-state index contributed by atoms with van der Waals surface area (Å²) in [5.41, 5.74) is 5.86. The van der Waals surface area contributed by atoms with Gasteiger partial charge in [-0.15, -0.1) is 0 Å². The number of para-hydroxylation sites is 1. The molecular weight excluding hydrogens is 420 g/mol. The molecule has 0 saturated carbocycles. The molecular formula is C31H26O3. The van der Waals surface area contributed by atoms with Gasteiger partial charge in [-0.05, 0) is 40.5 Å². The Balaban J connectivity index is 1.62. The largest absolute Gasteiger partial charge is 0.497 e. The molecule has 4 aromatic rings. The predicted octanol–water partition coefficient (Wildman–Crippen LogP) is 6.94. The fourth-order valence-corrected chi connectivity index (χ4v) is 4.63. The first-order valence-corrected chi connectivity index (χ1v) is 11.5. The predicted molar refractivity (Wildman–Crippen MR) is 136 cm³/mol. The summed E-state index contributed by atoms with van der Waals surface area (Å²) < 4.78 is 11.6. The Hall–Kier alpha value is -4.11. The van der Waals surface area contributed by atoms with Crippen LogP contribution in [0.3, 0.4) is 0 Å². The molecule has 0 spiro atoms. The number of rotatable bonds is 7. The summed E-state index contributed by atoms with van der Waals surface area (Å²) in [5.74, 6) is 1.63. The van der Waals surface area contributed by atoms with Gasteiger partial charge >= 0.3 is 0 Å². The average molecular weight is 447 g/mol. The SMILES string of the molecule is COc1ccc(C2=C(c3ccccc3OCc3ccccc3)C(=O)C[C@H]2c2ccccc2)cc1. The molecule has 0 radical (unpaired) electrons. The summed E-state index contributed by atoms with van der Waals surface area (Å²) >= 11 is 0. The van der Waals surface area contributed by atoms with Gasteiger partial charge in [0.1, 0.15) is 18.1 Å². The second kappa shape index (κ2) is 9.80. The van der Waals surface area contributed by atoms with Crippen LogP contribution in [-0.2, 0) is 11.4 Å². The molecule has 0 amide bonds. The zero-order valence-electron chi connectivity index (χ0n) is 19.1. The Morgan fingerprint density at radius 2 is 1.41 bits per heavy atom. The molecule has 0 N–H and O–H groups in total. The summed E-state index contributed by atoms with van der Waals surface area (Å²) in [6, 6.07) is 36.1. The lowest BCUT2D eigenvalue weighted by molar-refractivity contribution is -0.113. The Morgan fingerprint density at radius 3 is 2.12 bits per heavy atom. The van der Waals surface area contributed by atoms with E-state index in [1.54, 1.807) is 7.11 Å².